The molecule has 0 saturated carbocycles. The number of ketones is 1. The quantitative estimate of drug-likeness (QED) is 0.393. The summed E-state index contributed by atoms with van der Waals surface area (Å²) in [6, 6.07) is 7.60. The Morgan fingerprint density at radius 3 is 2.10 bits per heavy atom. The molecule has 0 bridgehead atoms. The highest BCUT2D eigenvalue weighted by atomic mass is 19.2. The zero-order valence-electron chi connectivity index (χ0n) is 16.4. The number of ether oxygens (including phenoxy) is 1. The molecule has 2 aromatic rings. The van der Waals surface area contributed by atoms with Crippen LogP contribution in [0.1, 0.15) is 51.3 Å². The van der Waals surface area contributed by atoms with Gasteiger partial charge in [-0.2, -0.15) is 0 Å². The van der Waals surface area contributed by atoms with Gasteiger partial charge in [0, 0.05) is 5.56 Å². The van der Waals surface area contributed by atoms with Gasteiger partial charge in [0.05, 0.1) is 11.1 Å². The van der Waals surface area contributed by atoms with Gasteiger partial charge in [-0.05, 0) is 42.7 Å². The van der Waals surface area contributed by atoms with E-state index in [-0.39, 0.29) is 29.0 Å². The van der Waals surface area contributed by atoms with Gasteiger partial charge >= 0.3 is 5.97 Å². The molecule has 6 nitrogen and oxygen atoms in total. The van der Waals surface area contributed by atoms with Crippen LogP contribution in [0, 0.1) is 17.6 Å². The Kier molecular flexibility index (Phi) is 6.05. The largest absolute Gasteiger partial charge is 0.456 e. The van der Waals surface area contributed by atoms with Crippen LogP contribution in [0.25, 0.3) is 0 Å². The number of halogens is 2. The Morgan fingerprint density at radius 2 is 1.57 bits per heavy atom. The fourth-order valence-electron chi connectivity index (χ4n) is 3.23. The van der Waals surface area contributed by atoms with Crippen LogP contribution in [-0.4, -0.2) is 41.1 Å². The number of imide groups is 1. The molecule has 0 radical (unpaired) electrons. The molecule has 0 unspecified atom stereocenters. The average Bonchev–Trinajstić information content (AvgIpc) is 2.96. The second-order valence-electron chi connectivity index (χ2n) is 7.33. The Hall–Kier alpha value is -3.42. The molecule has 1 aliphatic rings. The maximum atomic E-state index is 13.3. The van der Waals surface area contributed by atoms with Crippen LogP contribution in [-0.2, 0) is 9.53 Å². The van der Waals surface area contributed by atoms with Crippen molar-refractivity contribution in [3.8, 4) is 0 Å². The van der Waals surface area contributed by atoms with Gasteiger partial charge in [0.15, 0.2) is 24.0 Å². The molecule has 0 saturated heterocycles. The van der Waals surface area contributed by atoms with E-state index in [4.69, 9.17) is 4.74 Å². The molecule has 2 aromatic carbocycles. The lowest BCUT2D eigenvalue weighted by atomic mass is 10.0. The van der Waals surface area contributed by atoms with Crippen molar-refractivity contribution in [2.24, 2.45) is 5.92 Å². The van der Waals surface area contributed by atoms with Gasteiger partial charge in [-0.15, -0.1) is 0 Å². The van der Waals surface area contributed by atoms with Crippen LogP contribution < -0.4 is 0 Å². The number of esters is 1. The summed E-state index contributed by atoms with van der Waals surface area (Å²) in [5.74, 6) is -5.24. The van der Waals surface area contributed by atoms with Gasteiger partial charge in [0.2, 0.25) is 0 Å². The molecule has 1 atom stereocenters. The van der Waals surface area contributed by atoms with Crippen LogP contribution in [0.4, 0.5) is 8.78 Å². The minimum atomic E-state index is -1.21. The molecule has 1 heterocycles. The molecule has 0 aromatic heterocycles. The highest BCUT2D eigenvalue weighted by Crippen LogP contribution is 2.27. The van der Waals surface area contributed by atoms with Crippen LogP contribution in [0.5, 0.6) is 0 Å². The van der Waals surface area contributed by atoms with E-state index in [1.807, 2.05) is 13.8 Å². The van der Waals surface area contributed by atoms with Gasteiger partial charge in [-0.1, -0.05) is 26.0 Å². The third-order valence-corrected chi connectivity index (χ3v) is 4.69. The number of amides is 2. The van der Waals surface area contributed by atoms with E-state index in [2.05, 4.69) is 0 Å². The normalized spacial score (nSPS) is 14.1. The fraction of sp³-hybridized carbons (Fsp3) is 0.273. The topological polar surface area (TPSA) is 80.8 Å². The molecule has 8 heteroatoms. The Labute approximate surface area is 171 Å². The summed E-state index contributed by atoms with van der Waals surface area (Å²) in [6.45, 7) is 2.89. The Balaban J connectivity index is 1.76. The van der Waals surface area contributed by atoms with Crippen molar-refractivity contribution >= 4 is 23.6 Å². The van der Waals surface area contributed by atoms with E-state index in [1.165, 1.54) is 12.1 Å². The molecule has 0 spiro atoms. The highest BCUT2D eigenvalue weighted by Gasteiger charge is 2.43. The smallest absolute Gasteiger partial charge is 0.329 e. The minimum absolute atomic E-state index is 0.0613. The van der Waals surface area contributed by atoms with Crippen molar-refractivity contribution in [3.05, 3.63) is 70.8 Å². The van der Waals surface area contributed by atoms with Crippen LogP contribution in [0.3, 0.4) is 0 Å². The lowest BCUT2D eigenvalue weighted by Crippen LogP contribution is -2.46. The minimum Gasteiger partial charge on any atom is -0.456 e. The van der Waals surface area contributed by atoms with Crippen molar-refractivity contribution in [1.29, 1.82) is 0 Å². The number of benzene rings is 2. The lowest BCUT2D eigenvalue weighted by molar-refractivity contribution is -0.147. The first-order valence-corrected chi connectivity index (χ1v) is 9.32. The van der Waals surface area contributed by atoms with Gasteiger partial charge in [0.1, 0.15) is 6.04 Å². The Morgan fingerprint density at radius 1 is 0.967 bits per heavy atom. The van der Waals surface area contributed by atoms with Crippen LogP contribution in [0.2, 0.25) is 0 Å². The monoisotopic (exact) mass is 415 g/mol. The number of carbonyl (C=O) groups excluding carboxylic acids is 4. The molecule has 0 N–H and O–H groups in total. The van der Waals surface area contributed by atoms with Crippen molar-refractivity contribution in [3.63, 3.8) is 0 Å². The summed E-state index contributed by atoms with van der Waals surface area (Å²) in [5, 5.41) is 0. The Bertz CT molecular complexity index is 999. The van der Waals surface area contributed by atoms with Gasteiger partial charge in [-0.25, -0.2) is 13.6 Å². The summed E-state index contributed by atoms with van der Waals surface area (Å²) in [4.78, 5) is 51.2. The first kappa shape index (κ1) is 21.3. The number of carbonyl (C=O) groups is 4. The molecule has 0 fully saturated rings. The second-order valence-corrected chi connectivity index (χ2v) is 7.33. The molecular weight excluding hydrogens is 396 g/mol. The highest BCUT2D eigenvalue weighted by molar-refractivity contribution is 6.22. The molecule has 3 rings (SSSR count). The lowest BCUT2D eigenvalue weighted by Gasteiger charge is -2.25. The molecule has 1 aliphatic heterocycles. The third kappa shape index (κ3) is 4.12. The molecular formula is C22H19F2NO5. The summed E-state index contributed by atoms with van der Waals surface area (Å²) in [7, 11) is 0. The number of hydrogen-bond donors (Lipinski definition) is 0. The maximum Gasteiger partial charge on any atom is 0.329 e. The van der Waals surface area contributed by atoms with Gasteiger partial charge < -0.3 is 4.74 Å². The second kappa shape index (κ2) is 8.52. The maximum absolute atomic E-state index is 13.3. The van der Waals surface area contributed by atoms with E-state index >= 15 is 0 Å². The first-order chi connectivity index (χ1) is 14.2. The summed E-state index contributed by atoms with van der Waals surface area (Å²) >= 11 is 0. The molecule has 2 amide bonds. The zero-order valence-corrected chi connectivity index (χ0v) is 16.4. The number of Topliss-reactive ketones (excluding diaryl/α,β-unsaturated/α-hetero) is 1. The first-order valence-electron chi connectivity index (χ1n) is 9.32. The van der Waals surface area contributed by atoms with Crippen LogP contribution in [0.15, 0.2) is 42.5 Å². The van der Waals surface area contributed by atoms with Crippen molar-refractivity contribution in [2.75, 3.05) is 6.61 Å². The van der Waals surface area contributed by atoms with Crippen molar-refractivity contribution in [1.82, 2.24) is 4.90 Å². The molecule has 30 heavy (non-hydrogen) atoms. The third-order valence-electron chi connectivity index (χ3n) is 4.69. The molecule has 156 valence electrons. The predicted octanol–water partition coefficient (Wildman–Crippen LogP) is 3.40. The van der Waals surface area contributed by atoms with Crippen LogP contribution >= 0.6 is 0 Å². The number of hydrogen-bond acceptors (Lipinski definition) is 5. The number of fused-ring (bicyclic) bond motifs is 1. The molecule has 0 aliphatic carbocycles. The standard InChI is InChI=1S/C22H19F2NO5/c1-12(2)9-18(25-20(27)14-5-3-4-6-15(14)21(25)28)22(29)30-11-19(26)13-7-8-16(23)17(24)10-13/h3-8,10,12,18H,9,11H2,1-2H3/t18-/m0/s1. The summed E-state index contributed by atoms with van der Waals surface area (Å²) in [5.41, 5.74) is 0.228. The summed E-state index contributed by atoms with van der Waals surface area (Å²) in [6.07, 6.45) is 0.143. The number of rotatable bonds is 7. The van der Waals surface area contributed by atoms with E-state index in [1.54, 1.807) is 12.1 Å². The van der Waals surface area contributed by atoms with E-state index in [9.17, 15) is 28.0 Å². The summed E-state index contributed by atoms with van der Waals surface area (Å²) < 4.78 is 31.4. The van der Waals surface area contributed by atoms with Gasteiger partial charge in [-0.3, -0.25) is 19.3 Å². The van der Waals surface area contributed by atoms with E-state index in [0.29, 0.717) is 6.07 Å². The number of nitrogens with zero attached hydrogens (tertiary/aromatic N) is 1. The SMILES string of the molecule is CC(C)C[C@@H](C(=O)OCC(=O)c1ccc(F)c(F)c1)N1C(=O)c2ccccc2C1=O. The fourth-order valence-corrected chi connectivity index (χ4v) is 3.23. The predicted molar refractivity (Wildman–Crippen MR) is 102 cm³/mol. The van der Waals surface area contributed by atoms with E-state index < -0.39 is 47.9 Å². The van der Waals surface area contributed by atoms with Crippen molar-refractivity contribution in [2.45, 2.75) is 26.3 Å². The van der Waals surface area contributed by atoms with Crippen molar-refractivity contribution < 1.29 is 32.7 Å². The average molecular weight is 415 g/mol. The van der Waals surface area contributed by atoms with E-state index in [0.717, 1.165) is 17.0 Å². The zero-order chi connectivity index (χ0) is 22.0. The van der Waals surface area contributed by atoms with Gasteiger partial charge in [0.25, 0.3) is 11.8 Å².